The zero-order chi connectivity index (χ0) is 24.4. The summed E-state index contributed by atoms with van der Waals surface area (Å²) in [6.07, 6.45) is 2.70. The van der Waals surface area contributed by atoms with Crippen molar-refractivity contribution in [3.63, 3.8) is 0 Å². The van der Waals surface area contributed by atoms with Crippen LogP contribution in [0.1, 0.15) is 47.4 Å². The van der Waals surface area contributed by atoms with Gasteiger partial charge in [-0.05, 0) is 78.9 Å². The molecule has 0 saturated heterocycles. The third-order valence-corrected chi connectivity index (χ3v) is 6.88. The van der Waals surface area contributed by atoms with E-state index in [1.54, 1.807) is 18.3 Å². The second kappa shape index (κ2) is 10.2. The van der Waals surface area contributed by atoms with E-state index in [1.165, 1.54) is 0 Å². The lowest BCUT2D eigenvalue weighted by molar-refractivity contribution is -0.127. The van der Waals surface area contributed by atoms with Crippen LogP contribution in [0.3, 0.4) is 0 Å². The molecule has 6 heteroatoms. The number of halogens is 2. The van der Waals surface area contributed by atoms with Crippen LogP contribution in [0.2, 0.25) is 10.0 Å². The molecule has 1 aromatic heterocycles. The van der Waals surface area contributed by atoms with E-state index in [0.29, 0.717) is 22.9 Å². The topological polar surface area (TPSA) is 64.1 Å². The largest absolute Gasteiger partial charge is 0.300 e. The summed E-state index contributed by atoms with van der Waals surface area (Å²) in [6, 6.07) is 14.9. The van der Waals surface area contributed by atoms with Gasteiger partial charge in [0.15, 0.2) is 5.78 Å². The van der Waals surface area contributed by atoms with Crippen molar-refractivity contribution in [2.75, 3.05) is 0 Å². The van der Waals surface area contributed by atoms with Crippen LogP contribution < -0.4 is 0 Å². The summed E-state index contributed by atoms with van der Waals surface area (Å²) in [7, 11) is 0. The van der Waals surface area contributed by atoms with Gasteiger partial charge >= 0.3 is 0 Å². The minimum absolute atomic E-state index is 0.00983. The number of carbonyl (C=O) groups is 3. The zero-order valence-electron chi connectivity index (χ0n) is 19.1. The minimum Gasteiger partial charge on any atom is -0.300 e. The third-order valence-electron chi connectivity index (χ3n) is 6.42. The van der Waals surface area contributed by atoms with Crippen molar-refractivity contribution in [2.45, 2.75) is 45.4 Å². The Morgan fingerprint density at radius 3 is 2.38 bits per heavy atom. The molecule has 0 bridgehead atoms. The summed E-state index contributed by atoms with van der Waals surface area (Å²) in [5.74, 6) is -1.63. The predicted octanol–water partition coefficient (Wildman–Crippen LogP) is 6.51. The first-order valence-corrected chi connectivity index (χ1v) is 12.0. The lowest BCUT2D eigenvalue weighted by Gasteiger charge is -2.17. The Kier molecular flexibility index (Phi) is 7.30. The molecule has 0 radical (unpaired) electrons. The quantitative estimate of drug-likeness (QED) is 0.352. The average molecular weight is 494 g/mol. The molecule has 1 aliphatic carbocycles. The fourth-order valence-electron chi connectivity index (χ4n) is 4.81. The molecule has 1 saturated carbocycles. The third kappa shape index (κ3) is 5.29. The van der Waals surface area contributed by atoms with Crippen LogP contribution in [-0.2, 0) is 20.8 Å². The number of Topliss-reactive ketones (excluding diaryl/α,β-unsaturated/α-hetero) is 3. The Morgan fingerprint density at radius 1 is 1.00 bits per heavy atom. The molecule has 4 rings (SSSR count). The summed E-state index contributed by atoms with van der Waals surface area (Å²) >= 11 is 12.0. The number of aryl methyl sites for hydroxylation is 3. The van der Waals surface area contributed by atoms with Crippen LogP contribution in [0.4, 0.5) is 0 Å². The Morgan fingerprint density at radius 2 is 1.74 bits per heavy atom. The van der Waals surface area contributed by atoms with Gasteiger partial charge in [0, 0.05) is 42.0 Å². The van der Waals surface area contributed by atoms with Gasteiger partial charge in [-0.25, -0.2) is 0 Å². The molecule has 3 aromatic rings. The summed E-state index contributed by atoms with van der Waals surface area (Å²) in [6.45, 7) is 3.82. The van der Waals surface area contributed by atoms with Gasteiger partial charge in [-0.3, -0.25) is 19.4 Å². The molecule has 0 amide bonds. The van der Waals surface area contributed by atoms with Crippen molar-refractivity contribution >= 4 is 40.6 Å². The van der Waals surface area contributed by atoms with E-state index in [-0.39, 0.29) is 30.2 Å². The van der Waals surface area contributed by atoms with Crippen LogP contribution in [0, 0.1) is 19.8 Å². The number of rotatable bonds is 7. The lowest BCUT2D eigenvalue weighted by Crippen LogP contribution is -2.19. The smallest absolute Gasteiger partial charge is 0.151 e. The van der Waals surface area contributed by atoms with E-state index in [2.05, 4.69) is 4.98 Å². The molecule has 174 valence electrons. The molecule has 2 unspecified atom stereocenters. The number of ketones is 3. The summed E-state index contributed by atoms with van der Waals surface area (Å²) in [4.78, 5) is 43.1. The van der Waals surface area contributed by atoms with E-state index in [9.17, 15) is 14.4 Å². The standard InChI is InChI=1S/C28H25Cl2NO3/c1-16-10-19(24-9-7-22(30)15-31-24)11-17(2)26(16)27-25(33)14-20(28(27)34)13-23(32)8-6-18-4-3-5-21(29)12-18/h3-5,7,9-12,15,20,27H,6,8,13-14H2,1-2H3. The van der Waals surface area contributed by atoms with Crippen molar-refractivity contribution in [2.24, 2.45) is 5.92 Å². The fraction of sp³-hybridized carbons (Fsp3) is 0.286. The van der Waals surface area contributed by atoms with Crippen molar-refractivity contribution in [3.05, 3.63) is 87.0 Å². The average Bonchev–Trinajstić information content (AvgIpc) is 3.05. The van der Waals surface area contributed by atoms with Gasteiger partial charge in [0.25, 0.3) is 0 Å². The van der Waals surface area contributed by atoms with Crippen LogP contribution in [0.5, 0.6) is 0 Å². The van der Waals surface area contributed by atoms with Crippen LogP contribution in [0.15, 0.2) is 54.7 Å². The maximum Gasteiger partial charge on any atom is 0.151 e. The van der Waals surface area contributed by atoms with Gasteiger partial charge in [0.05, 0.1) is 10.7 Å². The summed E-state index contributed by atoms with van der Waals surface area (Å²) in [5.41, 5.74) is 5.14. The van der Waals surface area contributed by atoms with Gasteiger partial charge in [-0.2, -0.15) is 0 Å². The fourth-order valence-corrected chi connectivity index (χ4v) is 5.13. The van der Waals surface area contributed by atoms with Gasteiger partial charge in [-0.1, -0.05) is 35.3 Å². The Hall–Kier alpha value is -2.82. The molecular weight excluding hydrogens is 469 g/mol. The van der Waals surface area contributed by atoms with E-state index in [1.807, 2.05) is 50.2 Å². The highest BCUT2D eigenvalue weighted by Gasteiger charge is 2.43. The Labute approximate surface area is 209 Å². The highest BCUT2D eigenvalue weighted by molar-refractivity contribution is 6.30. The highest BCUT2D eigenvalue weighted by atomic mass is 35.5. The summed E-state index contributed by atoms with van der Waals surface area (Å²) in [5, 5.41) is 1.19. The van der Waals surface area contributed by atoms with Gasteiger partial charge in [0.2, 0.25) is 0 Å². The first kappa shape index (κ1) is 24.3. The summed E-state index contributed by atoms with van der Waals surface area (Å²) < 4.78 is 0. The Bertz CT molecular complexity index is 1240. The molecule has 1 heterocycles. The lowest BCUT2D eigenvalue weighted by atomic mass is 9.85. The second-order valence-corrected chi connectivity index (χ2v) is 9.83. The second-order valence-electron chi connectivity index (χ2n) is 8.96. The molecule has 34 heavy (non-hydrogen) atoms. The van der Waals surface area contributed by atoms with Crippen molar-refractivity contribution in [1.29, 1.82) is 0 Å². The molecule has 1 fully saturated rings. The highest BCUT2D eigenvalue weighted by Crippen LogP contribution is 2.38. The van der Waals surface area contributed by atoms with E-state index in [0.717, 1.165) is 33.5 Å². The van der Waals surface area contributed by atoms with E-state index in [4.69, 9.17) is 23.2 Å². The first-order chi connectivity index (χ1) is 16.2. The number of carbonyl (C=O) groups excluding carboxylic acids is 3. The van der Waals surface area contributed by atoms with Gasteiger partial charge in [-0.15, -0.1) is 0 Å². The zero-order valence-corrected chi connectivity index (χ0v) is 20.6. The van der Waals surface area contributed by atoms with Crippen molar-refractivity contribution in [3.8, 4) is 11.3 Å². The molecule has 2 atom stereocenters. The molecule has 0 aliphatic heterocycles. The van der Waals surface area contributed by atoms with Crippen LogP contribution in [-0.4, -0.2) is 22.3 Å². The molecule has 4 nitrogen and oxygen atoms in total. The van der Waals surface area contributed by atoms with Crippen molar-refractivity contribution in [1.82, 2.24) is 4.98 Å². The number of nitrogens with zero attached hydrogens (tertiary/aromatic N) is 1. The molecule has 2 aromatic carbocycles. The number of aromatic nitrogens is 1. The molecule has 0 spiro atoms. The monoisotopic (exact) mass is 493 g/mol. The SMILES string of the molecule is Cc1cc(-c2ccc(Cl)cn2)cc(C)c1C1C(=O)CC(CC(=O)CCc2cccc(Cl)c2)C1=O. The van der Waals surface area contributed by atoms with Gasteiger partial charge in [0.1, 0.15) is 17.5 Å². The first-order valence-electron chi connectivity index (χ1n) is 11.3. The van der Waals surface area contributed by atoms with Crippen molar-refractivity contribution < 1.29 is 14.4 Å². The van der Waals surface area contributed by atoms with Crippen LogP contribution in [0.25, 0.3) is 11.3 Å². The number of hydrogen-bond donors (Lipinski definition) is 0. The van der Waals surface area contributed by atoms with Gasteiger partial charge < -0.3 is 0 Å². The van der Waals surface area contributed by atoms with E-state index < -0.39 is 11.8 Å². The van der Waals surface area contributed by atoms with Crippen LogP contribution >= 0.6 is 23.2 Å². The number of hydrogen-bond acceptors (Lipinski definition) is 4. The number of benzene rings is 2. The molecular formula is C28H25Cl2NO3. The normalized spacial score (nSPS) is 17.9. The number of pyridine rings is 1. The molecule has 0 N–H and O–H groups in total. The molecule has 1 aliphatic rings. The van der Waals surface area contributed by atoms with E-state index >= 15 is 0 Å². The maximum atomic E-state index is 13.3. The maximum absolute atomic E-state index is 13.3. The Balaban J connectivity index is 1.48. The minimum atomic E-state index is -0.807. The predicted molar refractivity (Wildman–Crippen MR) is 134 cm³/mol.